The normalized spacial score (nSPS) is 36.0. The zero-order chi connectivity index (χ0) is 17.6. The number of pyridine rings is 1. The van der Waals surface area contributed by atoms with Gasteiger partial charge >= 0.3 is 0 Å². The number of nitrogens with one attached hydrogen (secondary N) is 1. The molecule has 7 heteroatoms. The van der Waals surface area contributed by atoms with Gasteiger partial charge in [-0.15, -0.1) is 0 Å². The minimum atomic E-state index is -1.89. The lowest BCUT2D eigenvalue weighted by atomic mass is 9.53. The Bertz CT molecular complexity index is 804. The van der Waals surface area contributed by atoms with Crippen LogP contribution >= 0.6 is 0 Å². The molecule has 2 aliphatic heterocycles. The van der Waals surface area contributed by atoms with Crippen molar-refractivity contribution < 1.29 is 9.47 Å². The maximum atomic E-state index is 9.94. The molecule has 2 saturated heterocycles. The molecule has 3 rings (SSSR count). The van der Waals surface area contributed by atoms with Gasteiger partial charge in [0.1, 0.15) is 6.10 Å². The van der Waals surface area contributed by atoms with Crippen LogP contribution in [0.5, 0.6) is 0 Å². The number of hydrogen-bond donors (Lipinski definition) is 1. The zero-order valence-corrected chi connectivity index (χ0v) is 13.3. The van der Waals surface area contributed by atoms with E-state index < -0.39 is 28.6 Å². The second-order valence-electron chi connectivity index (χ2n) is 6.05. The summed E-state index contributed by atoms with van der Waals surface area (Å²) in [4.78, 5) is 3.94. The Morgan fingerprint density at radius 3 is 2.33 bits per heavy atom. The first-order chi connectivity index (χ1) is 11.5. The number of nitrogens with zero attached hydrogens (tertiary/aromatic N) is 4. The van der Waals surface area contributed by atoms with Crippen LogP contribution in [-0.4, -0.2) is 16.7 Å². The van der Waals surface area contributed by atoms with Crippen molar-refractivity contribution in [3.63, 3.8) is 0 Å². The second-order valence-corrected chi connectivity index (χ2v) is 6.05. The van der Waals surface area contributed by atoms with E-state index in [1.165, 1.54) is 12.4 Å². The van der Waals surface area contributed by atoms with Crippen molar-refractivity contribution in [1.82, 2.24) is 4.98 Å². The summed E-state index contributed by atoms with van der Waals surface area (Å²) in [5.41, 5.74) is -3.04. The maximum Gasteiger partial charge on any atom is 0.217 e. The van der Waals surface area contributed by atoms with Gasteiger partial charge < -0.3 is 9.47 Å². The van der Waals surface area contributed by atoms with Gasteiger partial charge in [-0.05, 0) is 17.7 Å². The van der Waals surface area contributed by atoms with Crippen LogP contribution in [0.4, 0.5) is 0 Å². The van der Waals surface area contributed by atoms with Crippen LogP contribution < -0.4 is 0 Å². The minimum Gasteiger partial charge on any atom is -0.447 e. The van der Waals surface area contributed by atoms with Crippen LogP contribution in [0.3, 0.4) is 0 Å². The fourth-order valence-electron chi connectivity index (χ4n) is 3.88. The van der Waals surface area contributed by atoms with Crippen LogP contribution in [0.15, 0.2) is 24.5 Å². The molecular formula is C17H15N5O2. The fourth-order valence-corrected chi connectivity index (χ4v) is 3.88. The highest BCUT2D eigenvalue weighted by Gasteiger charge is 2.78. The van der Waals surface area contributed by atoms with E-state index in [1.54, 1.807) is 19.1 Å². The Hall–Kier alpha value is -2.95. The van der Waals surface area contributed by atoms with E-state index in [1.807, 2.05) is 19.1 Å². The molecule has 2 fully saturated rings. The summed E-state index contributed by atoms with van der Waals surface area (Å²) in [7, 11) is 0. The van der Waals surface area contributed by atoms with Crippen molar-refractivity contribution in [2.24, 2.45) is 16.7 Å². The standard InChI is InChI=1S/C17H15N5O2/c1-3-17-11(2)16(10-20,14(21)24-17)15(8-18,9-19)13(23-17)12-4-6-22-7-5-12/h4-7,11,13,21H,3H2,1-2H3/t11-,13+,16+,17-/m1/s1. The predicted octanol–water partition coefficient (Wildman–Crippen LogP) is 2.45. The van der Waals surface area contributed by atoms with Gasteiger partial charge in [0.2, 0.25) is 17.1 Å². The van der Waals surface area contributed by atoms with Crippen molar-refractivity contribution in [3.05, 3.63) is 30.1 Å². The molecule has 4 atom stereocenters. The molecule has 1 N–H and O–H groups in total. The molecule has 2 bridgehead atoms. The first-order valence-electron chi connectivity index (χ1n) is 7.57. The SMILES string of the molecule is CC[C@@]12OC(=N)[C@](C#N)([C@H]1C)C(C#N)(C#N)[C@H](c1ccncc1)O2. The van der Waals surface area contributed by atoms with E-state index >= 15 is 0 Å². The van der Waals surface area contributed by atoms with E-state index in [-0.39, 0.29) is 5.90 Å². The quantitative estimate of drug-likeness (QED) is 0.891. The summed E-state index contributed by atoms with van der Waals surface area (Å²) in [6.45, 7) is 3.52. The predicted molar refractivity (Wildman–Crippen MR) is 80.8 cm³/mol. The van der Waals surface area contributed by atoms with Gasteiger partial charge in [-0.25, -0.2) is 0 Å². The summed E-state index contributed by atoms with van der Waals surface area (Å²) in [5, 5.41) is 38.0. The third kappa shape index (κ3) is 1.51. The third-order valence-electron chi connectivity index (χ3n) is 5.31. The second kappa shape index (κ2) is 5.03. The smallest absolute Gasteiger partial charge is 0.217 e. The Kier molecular flexibility index (Phi) is 3.34. The molecule has 0 unspecified atom stereocenters. The molecule has 7 nitrogen and oxygen atoms in total. The summed E-state index contributed by atoms with van der Waals surface area (Å²) in [6.07, 6.45) is 2.42. The van der Waals surface area contributed by atoms with Crippen molar-refractivity contribution in [2.45, 2.75) is 32.2 Å². The van der Waals surface area contributed by atoms with Crippen molar-refractivity contribution >= 4 is 5.90 Å². The molecule has 24 heavy (non-hydrogen) atoms. The monoisotopic (exact) mass is 321 g/mol. The highest BCUT2D eigenvalue weighted by Crippen LogP contribution is 2.66. The van der Waals surface area contributed by atoms with Gasteiger partial charge in [0.15, 0.2) is 5.41 Å². The highest BCUT2D eigenvalue weighted by molar-refractivity contribution is 5.89. The minimum absolute atomic E-state index is 0.376. The first-order valence-corrected chi connectivity index (χ1v) is 7.57. The topological polar surface area (TPSA) is 127 Å². The van der Waals surface area contributed by atoms with Crippen molar-refractivity contribution in [3.8, 4) is 18.2 Å². The molecule has 0 aliphatic carbocycles. The largest absolute Gasteiger partial charge is 0.447 e. The van der Waals surface area contributed by atoms with Gasteiger partial charge in [0.05, 0.1) is 24.1 Å². The van der Waals surface area contributed by atoms with Crippen molar-refractivity contribution in [1.29, 1.82) is 21.2 Å². The number of ether oxygens (including phenoxy) is 2. The van der Waals surface area contributed by atoms with Crippen LogP contribution in [0, 0.1) is 56.2 Å². The lowest BCUT2D eigenvalue weighted by Gasteiger charge is -2.48. The van der Waals surface area contributed by atoms with E-state index in [2.05, 4.69) is 11.1 Å². The zero-order valence-electron chi connectivity index (χ0n) is 13.3. The van der Waals surface area contributed by atoms with Crippen LogP contribution in [0.1, 0.15) is 31.9 Å². The van der Waals surface area contributed by atoms with Gasteiger partial charge in [-0.1, -0.05) is 13.8 Å². The Morgan fingerprint density at radius 2 is 1.83 bits per heavy atom. The van der Waals surface area contributed by atoms with E-state index in [0.717, 1.165) is 0 Å². The molecule has 0 spiro atoms. The molecular weight excluding hydrogens is 306 g/mol. The molecule has 1 aromatic rings. The van der Waals surface area contributed by atoms with Crippen LogP contribution in [-0.2, 0) is 9.47 Å². The molecule has 0 aromatic carbocycles. The van der Waals surface area contributed by atoms with Crippen LogP contribution in [0.25, 0.3) is 0 Å². The lowest BCUT2D eigenvalue weighted by Crippen LogP contribution is -2.58. The number of rotatable bonds is 2. The third-order valence-corrected chi connectivity index (χ3v) is 5.31. The summed E-state index contributed by atoms with van der Waals surface area (Å²) < 4.78 is 11.8. The maximum absolute atomic E-state index is 9.94. The molecule has 120 valence electrons. The van der Waals surface area contributed by atoms with E-state index in [4.69, 9.17) is 14.9 Å². The number of nitriles is 3. The van der Waals surface area contributed by atoms with Crippen molar-refractivity contribution in [2.75, 3.05) is 0 Å². The van der Waals surface area contributed by atoms with Gasteiger partial charge in [0, 0.05) is 18.8 Å². The molecule has 2 aliphatic rings. The lowest BCUT2D eigenvalue weighted by molar-refractivity contribution is -0.280. The number of hydrogen-bond acceptors (Lipinski definition) is 7. The molecule has 1 aromatic heterocycles. The Labute approximate surface area is 139 Å². The highest BCUT2D eigenvalue weighted by atomic mass is 16.7. The Morgan fingerprint density at radius 1 is 1.21 bits per heavy atom. The average molecular weight is 321 g/mol. The summed E-state index contributed by atoms with van der Waals surface area (Å²) in [6, 6.07) is 9.33. The van der Waals surface area contributed by atoms with Gasteiger partial charge in [0.25, 0.3) is 0 Å². The molecule has 0 saturated carbocycles. The average Bonchev–Trinajstić information content (AvgIpc) is 2.78. The molecule has 0 amide bonds. The molecule has 3 heterocycles. The van der Waals surface area contributed by atoms with E-state index in [9.17, 15) is 15.8 Å². The summed E-state index contributed by atoms with van der Waals surface area (Å²) >= 11 is 0. The van der Waals surface area contributed by atoms with Gasteiger partial charge in [-0.3, -0.25) is 10.4 Å². The summed E-state index contributed by atoms with van der Waals surface area (Å²) in [5.74, 6) is -2.22. The molecule has 0 radical (unpaired) electrons. The van der Waals surface area contributed by atoms with E-state index in [0.29, 0.717) is 12.0 Å². The Balaban J connectivity index is 2.34. The van der Waals surface area contributed by atoms with Gasteiger partial charge in [-0.2, -0.15) is 15.8 Å². The number of aromatic nitrogens is 1. The first kappa shape index (κ1) is 15.9. The number of fused-ring (bicyclic) bond motifs is 2. The van der Waals surface area contributed by atoms with Crippen LogP contribution in [0.2, 0.25) is 0 Å². The fraction of sp³-hybridized carbons (Fsp3) is 0.471.